The Balaban J connectivity index is 1.90. The second-order valence-corrected chi connectivity index (χ2v) is 7.09. The number of benzene rings is 2. The van der Waals surface area contributed by atoms with Crippen LogP contribution in [0, 0.1) is 0 Å². The van der Waals surface area contributed by atoms with Crippen molar-refractivity contribution in [3.8, 4) is 16.9 Å². The normalized spacial score (nSPS) is 10.8. The van der Waals surface area contributed by atoms with E-state index in [1.165, 1.54) is 0 Å². The molecule has 0 aliphatic carbocycles. The van der Waals surface area contributed by atoms with Gasteiger partial charge in [0, 0.05) is 42.3 Å². The molecular weight excluding hydrogens is 364 g/mol. The third kappa shape index (κ3) is 5.12. The quantitative estimate of drug-likeness (QED) is 0.615. The maximum atomic E-state index is 11.6. The fourth-order valence-electron chi connectivity index (χ4n) is 3.20. The van der Waals surface area contributed by atoms with Gasteiger partial charge in [-0.3, -0.25) is 9.78 Å². The van der Waals surface area contributed by atoms with E-state index in [1.54, 1.807) is 31.6 Å². The lowest BCUT2D eigenvalue weighted by Crippen LogP contribution is -2.15. The molecule has 6 heteroatoms. The zero-order valence-corrected chi connectivity index (χ0v) is 17.0. The summed E-state index contributed by atoms with van der Waals surface area (Å²) in [5.41, 5.74) is 11.1. The first-order valence-corrected chi connectivity index (χ1v) is 9.36. The van der Waals surface area contributed by atoms with Crippen molar-refractivity contribution >= 4 is 11.6 Å². The number of hydrogen-bond acceptors (Lipinski definition) is 5. The van der Waals surface area contributed by atoms with Crippen LogP contribution in [0.2, 0.25) is 0 Å². The summed E-state index contributed by atoms with van der Waals surface area (Å²) in [5, 5.41) is 3.46. The van der Waals surface area contributed by atoms with Crippen molar-refractivity contribution in [1.82, 2.24) is 9.88 Å². The van der Waals surface area contributed by atoms with Crippen molar-refractivity contribution in [2.24, 2.45) is 5.73 Å². The van der Waals surface area contributed by atoms with Crippen LogP contribution >= 0.6 is 0 Å². The molecule has 2 aromatic carbocycles. The molecular formula is C23H26N4O2. The molecule has 0 saturated heterocycles. The van der Waals surface area contributed by atoms with Crippen molar-refractivity contribution in [3.63, 3.8) is 0 Å². The largest absolute Gasteiger partial charge is 0.496 e. The number of methoxy groups -OCH3 is 1. The third-order valence-electron chi connectivity index (χ3n) is 4.64. The molecule has 0 atom stereocenters. The monoisotopic (exact) mass is 390 g/mol. The van der Waals surface area contributed by atoms with E-state index >= 15 is 0 Å². The summed E-state index contributed by atoms with van der Waals surface area (Å²) in [7, 11) is 5.68. The minimum Gasteiger partial charge on any atom is -0.496 e. The first kappa shape index (κ1) is 20.4. The van der Waals surface area contributed by atoms with Gasteiger partial charge in [-0.25, -0.2) is 0 Å². The maximum Gasteiger partial charge on any atom is 0.248 e. The number of amides is 1. The van der Waals surface area contributed by atoms with Crippen molar-refractivity contribution in [1.29, 1.82) is 0 Å². The van der Waals surface area contributed by atoms with Gasteiger partial charge in [-0.15, -0.1) is 0 Å². The van der Waals surface area contributed by atoms with E-state index in [-0.39, 0.29) is 0 Å². The number of carbonyl (C=O) groups is 1. The Labute approximate surface area is 171 Å². The number of carbonyl (C=O) groups excluding carboxylic acids is 1. The number of ether oxygens (including phenoxy) is 1. The predicted molar refractivity (Wildman–Crippen MR) is 116 cm³/mol. The number of primary amides is 1. The second-order valence-electron chi connectivity index (χ2n) is 7.09. The van der Waals surface area contributed by atoms with E-state index in [4.69, 9.17) is 10.5 Å². The van der Waals surface area contributed by atoms with E-state index in [1.807, 2.05) is 44.4 Å². The van der Waals surface area contributed by atoms with Crippen molar-refractivity contribution < 1.29 is 9.53 Å². The summed E-state index contributed by atoms with van der Waals surface area (Å²) in [6, 6.07) is 15.6. The van der Waals surface area contributed by atoms with Crippen LogP contribution in [-0.4, -0.2) is 37.0 Å². The minimum absolute atomic E-state index is 0.443. The molecule has 0 aliphatic heterocycles. The Morgan fingerprint density at radius 1 is 1.03 bits per heavy atom. The predicted octanol–water partition coefficient (Wildman–Crippen LogP) is 3.53. The average Bonchev–Trinajstić information content (AvgIpc) is 2.73. The number of pyridine rings is 1. The number of anilines is 1. The fraction of sp³-hybridized carbons (Fsp3) is 0.217. The molecule has 0 fully saturated rings. The van der Waals surface area contributed by atoms with Gasteiger partial charge in [0.1, 0.15) is 5.75 Å². The molecule has 0 bridgehead atoms. The Bertz CT molecular complexity index is 987. The van der Waals surface area contributed by atoms with Crippen LogP contribution in [0.3, 0.4) is 0 Å². The van der Waals surface area contributed by atoms with Crippen LogP contribution in [0.4, 0.5) is 5.69 Å². The SMILES string of the molecule is COc1ccc(-c2ccncc2)cc1CNc1cc(C(N)=O)ccc1CN(C)C. The number of rotatable bonds is 8. The summed E-state index contributed by atoms with van der Waals surface area (Å²) < 4.78 is 5.55. The molecule has 0 radical (unpaired) electrons. The molecule has 0 aliphatic rings. The van der Waals surface area contributed by atoms with Gasteiger partial charge in [-0.2, -0.15) is 0 Å². The molecule has 1 heterocycles. The van der Waals surface area contributed by atoms with Gasteiger partial charge in [0.05, 0.1) is 7.11 Å². The molecule has 3 rings (SSSR count). The average molecular weight is 390 g/mol. The molecule has 150 valence electrons. The van der Waals surface area contributed by atoms with Crippen LogP contribution < -0.4 is 15.8 Å². The zero-order valence-electron chi connectivity index (χ0n) is 17.0. The maximum absolute atomic E-state index is 11.6. The van der Waals surface area contributed by atoms with Gasteiger partial charge in [0.15, 0.2) is 0 Å². The van der Waals surface area contributed by atoms with E-state index in [9.17, 15) is 4.79 Å². The van der Waals surface area contributed by atoms with Crippen molar-refractivity contribution in [3.05, 3.63) is 77.6 Å². The summed E-state index contributed by atoms with van der Waals surface area (Å²) in [5.74, 6) is 0.359. The highest BCUT2D eigenvalue weighted by Crippen LogP contribution is 2.28. The highest BCUT2D eigenvalue weighted by Gasteiger charge is 2.11. The third-order valence-corrected chi connectivity index (χ3v) is 4.64. The first-order valence-electron chi connectivity index (χ1n) is 9.36. The molecule has 1 amide bonds. The Hall–Kier alpha value is -3.38. The van der Waals surface area contributed by atoms with Crippen LogP contribution in [0.1, 0.15) is 21.5 Å². The molecule has 0 saturated carbocycles. The molecule has 3 aromatic rings. The number of nitrogens with two attached hydrogens (primary N) is 1. The highest BCUT2D eigenvalue weighted by molar-refractivity contribution is 5.94. The van der Waals surface area contributed by atoms with Crippen LogP contribution in [-0.2, 0) is 13.1 Å². The Kier molecular flexibility index (Phi) is 6.46. The second kappa shape index (κ2) is 9.21. The zero-order chi connectivity index (χ0) is 20.8. The Morgan fingerprint density at radius 3 is 2.45 bits per heavy atom. The smallest absolute Gasteiger partial charge is 0.248 e. The standard InChI is InChI=1S/C23H26N4O2/c1-27(2)15-19-5-4-18(23(24)28)13-21(19)26-14-20-12-17(6-7-22(20)29-3)16-8-10-25-11-9-16/h4-13,26H,14-15H2,1-3H3,(H2,24,28). The highest BCUT2D eigenvalue weighted by atomic mass is 16.5. The summed E-state index contributed by atoms with van der Waals surface area (Å²) in [6.07, 6.45) is 3.56. The molecule has 6 nitrogen and oxygen atoms in total. The summed E-state index contributed by atoms with van der Waals surface area (Å²) in [4.78, 5) is 17.8. The lowest BCUT2D eigenvalue weighted by Gasteiger charge is -2.18. The molecule has 0 unspecified atom stereocenters. The topological polar surface area (TPSA) is 80.5 Å². The van der Waals surface area contributed by atoms with Crippen molar-refractivity contribution in [2.45, 2.75) is 13.1 Å². The van der Waals surface area contributed by atoms with Gasteiger partial charge in [0.2, 0.25) is 5.91 Å². The van der Waals surface area contributed by atoms with Gasteiger partial charge < -0.3 is 20.7 Å². The van der Waals surface area contributed by atoms with Gasteiger partial charge in [-0.1, -0.05) is 12.1 Å². The van der Waals surface area contributed by atoms with Crippen LogP contribution in [0.15, 0.2) is 60.9 Å². The van der Waals surface area contributed by atoms with Gasteiger partial charge in [-0.05, 0) is 67.2 Å². The lowest BCUT2D eigenvalue weighted by atomic mass is 10.0. The molecule has 0 spiro atoms. The fourth-order valence-corrected chi connectivity index (χ4v) is 3.20. The number of aromatic nitrogens is 1. The molecule has 3 N–H and O–H groups in total. The molecule has 1 aromatic heterocycles. The molecule has 29 heavy (non-hydrogen) atoms. The summed E-state index contributed by atoms with van der Waals surface area (Å²) >= 11 is 0. The van der Waals surface area contributed by atoms with Gasteiger partial charge in [0.25, 0.3) is 0 Å². The van der Waals surface area contributed by atoms with E-state index < -0.39 is 5.91 Å². The van der Waals surface area contributed by atoms with E-state index in [0.717, 1.165) is 40.2 Å². The number of nitrogens with one attached hydrogen (secondary N) is 1. The summed E-state index contributed by atoms with van der Waals surface area (Å²) in [6.45, 7) is 1.29. The minimum atomic E-state index is -0.443. The van der Waals surface area contributed by atoms with Crippen LogP contribution in [0.5, 0.6) is 5.75 Å². The number of hydrogen-bond donors (Lipinski definition) is 2. The van der Waals surface area contributed by atoms with Gasteiger partial charge >= 0.3 is 0 Å². The Morgan fingerprint density at radius 2 is 1.79 bits per heavy atom. The first-order chi connectivity index (χ1) is 14.0. The number of nitrogens with zero attached hydrogens (tertiary/aromatic N) is 2. The van der Waals surface area contributed by atoms with Crippen LogP contribution in [0.25, 0.3) is 11.1 Å². The lowest BCUT2D eigenvalue weighted by molar-refractivity contribution is 0.100. The van der Waals surface area contributed by atoms with E-state index in [2.05, 4.69) is 21.3 Å². The van der Waals surface area contributed by atoms with E-state index in [0.29, 0.717) is 12.1 Å². The van der Waals surface area contributed by atoms with Crippen molar-refractivity contribution in [2.75, 3.05) is 26.5 Å².